The summed E-state index contributed by atoms with van der Waals surface area (Å²) in [6, 6.07) is 7.35. The summed E-state index contributed by atoms with van der Waals surface area (Å²) in [5.41, 5.74) is 0.905. The maximum atomic E-state index is 11.7. The Hall–Kier alpha value is -1.22. The van der Waals surface area contributed by atoms with Crippen LogP contribution in [0.1, 0.15) is 44.2 Å². The van der Waals surface area contributed by atoms with Crippen molar-refractivity contribution in [3.63, 3.8) is 0 Å². The number of nitrogens with one attached hydrogen (secondary N) is 1. The highest BCUT2D eigenvalue weighted by Gasteiger charge is 2.20. The first kappa shape index (κ1) is 13.2. The predicted octanol–water partition coefficient (Wildman–Crippen LogP) is 4.07. The fraction of sp³-hybridized carbons (Fsp3) is 0.500. The lowest BCUT2D eigenvalue weighted by molar-refractivity contribution is 0.0984. The maximum absolute atomic E-state index is 11.7. The van der Waals surface area contributed by atoms with Crippen LogP contribution in [0, 0.1) is 0 Å². The first-order chi connectivity index (χ1) is 8.66. The Morgan fingerprint density at radius 1 is 1.39 bits per heavy atom. The van der Waals surface area contributed by atoms with Crippen LogP contribution in [0.4, 0.5) is 4.79 Å². The van der Waals surface area contributed by atoms with E-state index >= 15 is 0 Å². The molecule has 1 aromatic rings. The second-order valence-electron chi connectivity index (χ2n) is 4.70. The quantitative estimate of drug-likeness (QED) is 0.896. The van der Waals surface area contributed by atoms with Gasteiger partial charge in [-0.3, -0.25) is 0 Å². The van der Waals surface area contributed by atoms with Crippen molar-refractivity contribution in [3.05, 3.63) is 34.9 Å². The normalized spacial score (nSPS) is 17.4. The Bertz CT molecular complexity index is 416. The fourth-order valence-electron chi connectivity index (χ4n) is 2.27. The average Bonchev–Trinajstić information content (AvgIpc) is 2.82. The van der Waals surface area contributed by atoms with E-state index in [1.165, 1.54) is 0 Å². The molecule has 0 unspecified atom stereocenters. The van der Waals surface area contributed by atoms with Gasteiger partial charge in [0, 0.05) is 5.02 Å². The number of hydrogen-bond acceptors (Lipinski definition) is 2. The Balaban J connectivity index is 1.88. The van der Waals surface area contributed by atoms with Crippen LogP contribution >= 0.6 is 11.6 Å². The monoisotopic (exact) mass is 267 g/mol. The lowest BCUT2D eigenvalue weighted by Gasteiger charge is -2.17. The molecule has 1 fully saturated rings. The van der Waals surface area contributed by atoms with Gasteiger partial charge in [0.25, 0.3) is 0 Å². The number of ether oxygens (including phenoxy) is 1. The third-order valence-corrected chi connectivity index (χ3v) is 3.63. The minimum absolute atomic E-state index is 0.0865. The van der Waals surface area contributed by atoms with Gasteiger partial charge in [-0.15, -0.1) is 0 Å². The van der Waals surface area contributed by atoms with Gasteiger partial charge in [-0.2, -0.15) is 0 Å². The summed E-state index contributed by atoms with van der Waals surface area (Å²) in [5.74, 6) is 0. The zero-order valence-electron chi connectivity index (χ0n) is 10.5. The van der Waals surface area contributed by atoms with E-state index in [0.29, 0.717) is 5.02 Å². The summed E-state index contributed by atoms with van der Waals surface area (Å²) in [4.78, 5) is 11.7. The van der Waals surface area contributed by atoms with Crippen molar-refractivity contribution in [2.45, 2.75) is 44.8 Å². The van der Waals surface area contributed by atoms with Crippen LogP contribution in [0.25, 0.3) is 0 Å². The molecule has 1 saturated carbocycles. The van der Waals surface area contributed by atoms with Crippen LogP contribution in [0.5, 0.6) is 0 Å². The number of alkyl carbamates (subject to hydrolysis) is 1. The number of rotatable bonds is 3. The van der Waals surface area contributed by atoms with Gasteiger partial charge in [0.2, 0.25) is 0 Å². The third kappa shape index (κ3) is 3.39. The summed E-state index contributed by atoms with van der Waals surface area (Å²) in [6.45, 7) is 1.90. The highest BCUT2D eigenvalue weighted by atomic mass is 35.5. The molecule has 1 atom stereocenters. The first-order valence-corrected chi connectivity index (χ1v) is 6.76. The molecule has 1 aromatic carbocycles. The summed E-state index contributed by atoms with van der Waals surface area (Å²) in [7, 11) is 0. The molecule has 2 rings (SSSR count). The minimum Gasteiger partial charge on any atom is -0.446 e. The lowest BCUT2D eigenvalue weighted by Crippen LogP contribution is -2.30. The van der Waals surface area contributed by atoms with Gasteiger partial charge in [0.15, 0.2) is 0 Å². The summed E-state index contributed by atoms with van der Waals surface area (Å²) >= 11 is 6.08. The number of benzene rings is 1. The molecular formula is C14H18ClNO2. The molecule has 0 spiro atoms. The molecule has 1 N–H and O–H groups in total. The van der Waals surface area contributed by atoms with Crippen LogP contribution in [-0.2, 0) is 4.74 Å². The molecule has 0 radical (unpaired) electrons. The van der Waals surface area contributed by atoms with Crippen LogP contribution in [-0.4, -0.2) is 12.2 Å². The number of amides is 1. The van der Waals surface area contributed by atoms with Gasteiger partial charge >= 0.3 is 6.09 Å². The van der Waals surface area contributed by atoms with E-state index in [4.69, 9.17) is 16.3 Å². The number of carbonyl (C=O) groups is 1. The molecule has 3 nitrogen and oxygen atoms in total. The Morgan fingerprint density at radius 3 is 2.72 bits per heavy atom. The molecule has 0 saturated heterocycles. The smallest absolute Gasteiger partial charge is 0.407 e. The second kappa shape index (κ2) is 6.10. The Labute approximate surface area is 112 Å². The van der Waals surface area contributed by atoms with E-state index in [9.17, 15) is 4.79 Å². The van der Waals surface area contributed by atoms with Gasteiger partial charge in [-0.05, 0) is 44.2 Å². The zero-order valence-corrected chi connectivity index (χ0v) is 11.2. The molecule has 1 aliphatic carbocycles. The fourth-order valence-corrected chi connectivity index (χ4v) is 2.57. The highest BCUT2D eigenvalue weighted by Crippen LogP contribution is 2.24. The largest absolute Gasteiger partial charge is 0.446 e. The summed E-state index contributed by atoms with van der Waals surface area (Å²) in [6.07, 6.45) is 4.00. The van der Waals surface area contributed by atoms with Gasteiger partial charge in [0.05, 0.1) is 6.04 Å². The average molecular weight is 268 g/mol. The predicted molar refractivity (Wildman–Crippen MR) is 71.7 cm³/mol. The maximum Gasteiger partial charge on any atom is 0.407 e. The van der Waals surface area contributed by atoms with Gasteiger partial charge in [0.1, 0.15) is 6.10 Å². The van der Waals surface area contributed by atoms with Crippen LogP contribution in [0.2, 0.25) is 5.02 Å². The number of carbonyl (C=O) groups excluding carboxylic acids is 1. The van der Waals surface area contributed by atoms with Gasteiger partial charge < -0.3 is 10.1 Å². The zero-order chi connectivity index (χ0) is 13.0. The Morgan fingerprint density at radius 2 is 2.06 bits per heavy atom. The van der Waals surface area contributed by atoms with Gasteiger partial charge in [-0.25, -0.2) is 4.79 Å². The van der Waals surface area contributed by atoms with Crippen molar-refractivity contribution < 1.29 is 9.53 Å². The molecule has 4 heteroatoms. The van der Waals surface area contributed by atoms with Crippen molar-refractivity contribution in [1.82, 2.24) is 5.32 Å². The molecule has 0 heterocycles. The van der Waals surface area contributed by atoms with Gasteiger partial charge in [-0.1, -0.05) is 29.8 Å². The van der Waals surface area contributed by atoms with E-state index in [0.717, 1.165) is 31.2 Å². The van der Waals surface area contributed by atoms with Crippen molar-refractivity contribution in [1.29, 1.82) is 0 Å². The van der Waals surface area contributed by atoms with Crippen molar-refractivity contribution in [2.75, 3.05) is 0 Å². The second-order valence-corrected chi connectivity index (χ2v) is 5.11. The topological polar surface area (TPSA) is 38.3 Å². The molecule has 0 bridgehead atoms. The van der Waals surface area contributed by atoms with E-state index in [-0.39, 0.29) is 18.2 Å². The molecule has 0 aromatic heterocycles. The van der Waals surface area contributed by atoms with Crippen LogP contribution in [0.3, 0.4) is 0 Å². The summed E-state index contributed by atoms with van der Waals surface area (Å²) in [5, 5.41) is 3.48. The first-order valence-electron chi connectivity index (χ1n) is 6.38. The van der Waals surface area contributed by atoms with Crippen molar-refractivity contribution >= 4 is 17.7 Å². The molecule has 18 heavy (non-hydrogen) atoms. The van der Waals surface area contributed by atoms with E-state index in [1.54, 1.807) is 0 Å². The number of halogens is 1. The molecule has 0 aliphatic heterocycles. The summed E-state index contributed by atoms with van der Waals surface area (Å²) < 4.78 is 5.35. The van der Waals surface area contributed by atoms with Crippen molar-refractivity contribution in [2.24, 2.45) is 0 Å². The minimum atomic E-state index is -0.352. The number of hydrogen-bond donors (Lipinski definition) is 1. The van der Waals surface area contributed by atoms with E-state index < -0.39 is 0 Å². The lowest BCUT2D eigenvalue weighted by atomic mass is 10.1. The highest BCUT2D eigenvalue weighted by molar-refractivity contribution is 6.31. The molecule has 1 amide bonds. The van der Waals surface area contributed by atoms with Crippen molar-refractivity contribution in [3.8, 4) is 0 Å². The van der Waals surface area contributed by atoms with E-state index in [2.05, 4.69) is 5.32 Å². The molecule has 98 valence electrons. The third-order valence-electron chi connectivity index (χ3n) is 3.28. The standard InChI is InChI=1S/C14H18ClNO2/c1-10(12-8-4-5-9-13(12)15)16-14(17)18-11-6-2-3-7-11/h4-5,8-11H,2-3,6-7H2,1H3,(H,16,17)/t10-/m1/s1. The van der Waals surface area contributed by atoms with E-state index in [1.807, 2.05) is 31.2 Å². The Kier molecular flexibility index (Phi) is 4.48. The van der Waals surface area contributed by atoms with Crippen LogP contribution in [0.15, 0.2) is 24.3 Å². The van der Waals surface area contributed by atoms with Crippen LogP contribution < -0.4 is 5.32 Å². The molecular weight excluding hydrogens is 250 g/mol. The SMILES string of the molecule is C[C@@H](NC(=O)OC1CCCC1)c1ccccc1Cl. The molecule has 1 aliphatic rings.